The van der Waals surface area contributed by atoms with Crippen LogP contribution in [0.25, 0.3) is 17.0 Å². The molecule has 1 aliphatic rings. The molecule has 0 saturated carbocycles. The van der Waals surface area contributed by atoms with Crippen molar-refractivity contribution < 1.29 is 23.8 Å². The number of benzene rings is 2. The minimum absolute atomic E-state index is 0.0218. The highest BCUT2D eigenvalue weighted by molar-refractivity contribution is 6.30. The highest BCUT2D eigenvalue weighted by Crippen LogP contribution is 2.29. The number of aliphatic carboxylic acids is 1. The maximum Gasteiger partial charge on any atom is 0.326 e. The third-order valence-corrected chi connectivity index (χ3v) is 4.88. The van der Waals surface area contributed by atoms with Gasteiger partial charge < -0.3 is 20.1 Å². The molecule has 6 nitrogen and oxygen atoms in total. The van der Waals surface area contributed by atoms with E-state index in [1.807, 2.05) is 0 Å². The molecule has 0 aliphatic carbocycles. The van der Waals surface area contributed by atoms with Crippen LogP contribution in [0.4, 0.5) is 4.39 Å². The van der Waals surface area contributed by atoms with E-state index in [4.69, 9.17) is 16.3 Å². The number of aromatic nitrogens is 1. The van der Waals surface area contributed by atoms with Gasteiger partial charge in [0, 0.05) is 33.6 Å². The Morgan fingerprint density at radius 1 is 1.24 bits per heavy atom. The third-order valence-electron chi connectivity index (χ3n) is 4.64. The molecule has 1 aliphatic heterocycles. The monoisotopic (exact) mass is 414 g/mol. The Hall–Kier alpha value is -3.32. The highest BCUT2D eigenvalue weighted by atomic mass is 35.5. The first-order valence-corrected chi connectivity index (χ1v) is 9.20. The van der Waals surface area contributed by atoms with Crippen LogP contribution in [0.2, 0.25) is 5.02 Å². The zero-order valence-corrected chi connectivity index (χ0v) is 15.8. The maximum absolute atomic E-state index is 13.4. The summed E-state index contributed by atoms with van der Waals surface area (Å²) in [6.45, 7) is 0.0263. The fourth-order valence-electron chi connectivity index (χ4n) is 3.22. The molecular weight excluding hydrogens is 399 g/mol. The molecule has 0 unspecified atom stereocenters. The van der Waals surface area contributed by atoms with Crippen molar-refractivity contribution in [2.45, 2.75) is 12.5 Å². The Morgan fingerprint density at radius 3 is 2.86 bits per heavy atom. The quantitative estimate of drug-likeness (QED) is 0.595. The molecule has 0 bridgehead atoms. The van der Waals surface area contributed by atoms with Crippen molar-refractivity contribution >= 4 is 40.5 Å². The van der Waals surface area contributed by atoms with E-state index in [1.54, 1.807) is 36.4 Å². The minimum atomic E-state index is -1.18. The zero-order chi connectivity index (χ0) is 20.5. The normalized spacial score (nSPS) is 13.9. The predicted molar refractivity (Wildman–Crippen MR) is 106 cm³/mol. The summed E-state index contributed by atoms with van der Waals surface area (Å²) in [7, 11) is 0. The van der Waals surface area contributed by atoms with Gasteiger partial charge in [0.05, 0.1) is 5.57 Å². The van der Waals surface area contributed by atoms with E-state index in [0.29, 0.717) is 38.5 Å². The second-order valence-electron chi connectivity index (χ2n) is 6.73. The largest absolute Gasteiger partial charge is 0.488 e. The lowest BCUT2D eigenvalue weighted by molar-refractivity contribution is -0.141. The second-order valence-corrected chi connectivity index (χ2v) is 7.17. The SMILES string of the molecule is O=C(N[C@H](Cc1cc2cc(F)ccc2[nH]1)C(=O)O)C1=Cc2cc(Cl)ccc2OC1. The van der Waals surface area contributed by atoms with Crippen LogP contribution >= 0.6 is 11.6 Å². The molecule has 0 saturated heterocycles. The van der Waals surface area contributed by atoms with Gasteiger partial charge in [-0.25, -0.2) is 9.18 Å². The fourth-order valence-corrected chi connectivity index (χ4v) is 3.40. The van der Waals surface area contributed by atoms with Crippen molar-refractivity contribution in [1.29, 1.82) is 0 Å². The van der Waals surface area contributed by atoms with Gasteiger partial charge in [-0.05, 0) is 48.5 Å². The Labute approximate surface area is 169 Å². The van der Waals surface area contributed by atoms with E-state index < -0.39 is 17.9 Å². The molecule has 0 spiro atoms. The molecule has 1 aromatic heterocycles. The van der Waals surface area contributed by atoms with Crippen molar-refractivity contribution in [1.82, 2.24) is 10.3 Å². The first-order valence-electron chi connectivity index (χ1n) is 8.83. The van der Waals surface area contributed by atoms with Gasteiger partial charge in [-0.15, -0.1) is 0 Å². The first kappa shape index (κ1) is 19.0. The topological polar surface area (TPSA) is 91.4 Å². The van der Waals surface area contributed by atoms with Gasteiger partial charge in [0.2, 0.25) is 0 Å². The van der Waals surface area contributed by atoms with Crippen LogP contribution in [0, 0.1) is 5.82 Å². The van der Waals surface area contributed by atoms with Crippen LogP contribution in [0.15, 0.2) is 48.0 Å². The van der Waals surface area contributed by atoms with E-state index in [9.17, 15) is 19.1 Å². The van der Waals surface area contributed by atoms with Crippen LogP contribution in [0.3, 0.4) is 0 Å². The summed E-state index contributed by atoms with van der Waals surface area (Å²) >= 11 is 5.97. The summed E-state index contributed by atoms with van der Waals surface area (Å²) in [4.78, 5) is 27.3. The van der Waals surface area contributed by atoms with Gasteiger partial charge in [0.15, 0.2) is 0 Å². The lowest BCUT2D eigenvalue weighted by atomic mass is 10.1. The summed E-state index contributed by atoms with van der Waals surface area (Å²) < 4.78 is 18.9. The molecule has 3 aromatic rings. The molecule has 2 heterocycles. The number of carbonyl (C=O) groups is 2. The Kier molecular flexibility index (Phi) is 4.98. The summed E-state index contributed by atoms with van der Waals surface area (Å²) in [5.41, 5.74) is 2.21. The number of halogens is 2. The van der Waals surface area contributed by atoms with Gasteiger partial charge in [-0.2, -0.15) is 0 Å². The van der Waals surface area contributed by atoms with E-state index in [-0.39, 0.29) is 18.8 Å². The summed E-state index contributed by atoms with van der Waals surface area (Å²) in [6, 6.07) is 9.82. The average molecular weight is 415 g/mol. The van der Waals surface area contributed by atoms with E-state index in [0.717, 1.165) is 0 Å². The molecule has 8 heteroatoms. The number of hydrogen-bond acceptors (Lipinski definition) is 3. The number of carboxylic acid groups (broad SMARTS) is 1. The molecule has 2 aromatic carbocycles. The minimum Gasteiger partial charge on any atom is -0.488 e. The summed E-state index contributed by atoms with van der Waals surface area (Å²) in [6.07, 6.45) is 1.65. The van der Waals surface area contributed by atoms with Crippen LogP contribution < -0.4 is 10.1 Å². The Bertz CT molecular complexity index is 1150. The number of carboxylic acids is 1. The number of aromatic amines is 1. The molecule has 29 heavy (non-hydrogen) atoms. The number of ether oxygens (including phenoxy) is 1. The van der Waals surface area contributed by atoms with Crippen LogP contribution in [0.1, 0.15) is 11.3 Å². The first-order chi connectivity index (χ1) is 13.9. The van der Waals surface area contributed by atoms with Crippen LogP contribution in [-0.2, 0) is 16.0 Å². The molecule has 0 radical (unpaired) electrons. The highest BCUT2D eigenvalue weighted by Gasteiger charge is 2.25. The van der Waals surface area contributed by atoms with E-state index in [1.165, 1.54) is 12.1 Å². The van der Waals surface area contributed by atoms with Crippen LogP contribution in [-0.4, -0.2) is 34.6 Å². The lowest BCUT2D eigenvalue weighted by Crippen LogP contribution is -2.43. The second kappa shape index (κ2) is 7.60. The molecule has 4 rings (SSSR count). The number of fused-ring (bicyclic) bond motifs is 2. The van der Waals surface area contributed by atoms with Gasteiger partial charge >= 0.3 is 5.97 Å². The van der Waals surface area contributed by atoms with Crippen molar-refractivity contribution in [2.75, 3.05) is 6.61 Å². The molecule has 148 valence electrons. The van der Waals surface area contributed by atoms with Gasteiger partial charge in [-0.3, -0.25) is 4.79 Å². The molecule has 0 fully saturated rings. The maximum atomic E-state index is 13.4. The van der Waals surface area contributed by atoms with E-state index in [2.05, 4.69) is 10.3 Å². The third kappa shape index (κ3) is 4.09. The number of H-pyrrole nitrogens is 1. The Balaban J connectivity index is 1.52. The number of hydrogen-bond donors (Lipinski definition) is 3. The van der Waals surface area contributed by atoms with Crippen molar-refractivity contribution in [2.24, 2.45) is 0 Å². The Morgan fingerprint density at radius 2 is 2.07 bits per heavy atom. The smallest absolute Gasteiger partial charge is 0.326 e. The molecule has 1 amide bonds. The standard InChI is InChI=1S/C21H16ClFN2O4/c22-14-1-4-19-12(6-14)5-13(10-29-19)20(26)25-18(21(27)28)9-16-8-11-7-15(23)2-3-17(11)24-16/h1-8,18,24H,9-10H2,(H,25,26)(H,27,28)/t18-/m1/s1. The number of rotatable bonds is 5. The number of amides is 1. The molecular formula is C21H16ClFN2O4. The predicted octanol–water partition coefficient (Wildman–Crippen LogP) is 3.55. The number of carbonyl (C=O) groups excluding carboxylic acids is 1. The van der Waals surface area contributed by atoms with Crippen LogP contribution in [0.5, 0.6) is 5.75 Å². The summed E-state index contributed by atoms with van der Waals surface area (Å²) in [5, 5.41) is 13.2. The van der Waals surface area contributed by atoms with E-state index >= 15 is 0 Å². The van der Waals surface area contributed by atoms with Gasteiger partial charge in [0.25, 0.3) is 5.91 Å². The summed E-state index contributed by atoms with van der Waals surface area (Å²) in [5.74, 6) is -1.49. The van der Waals surface area contributed by atoms with Gasteiger partial charge in [-0.1, -0.05) is 11.6 Å². The fraction of sp³-hybridized carbons (Fsp3) is 0.143. The average Bonchev–Trinajstić information content (AvgIpc) is 3.08. The molecule has 3 N–H and O–H groups in total. The van der Waals surface area contributed by atoms with Gasteiger partial charge in [0.1, 0.15) is 24.2 Å². The lowest BCUT2D eigenvalue weighted by Gasteiger charge is -2.20. The number of nitrogens with one attached hydrogen (secondary N) is 2. The van der Waals surface area contributed by atoms with Crippen molar-refractivity contribution in [3.8, 4) is 5.75 Å². The van der Waals surface area contributed by atoms with Crippen molar-refractivity contribution in [3.63, 3.8) is 0 Å². The van der Waals surface area contributed by atoms with Crippen molar-refractivity contribution in [3.05, 3.63) is 70.1 Å². The zero-order valence-electron chi connectivity index (χ0n) is 15.0. The molecule has 1 atom stereocenters.